The molecule has 2 heterocycles. The van der Waals surface area contributed by atoms with E-state index in [1.165, 1.54) is 4.31 Å². The minimum absolute atomic E-state index is 0.279. The zero-order valence-electron chi connectivity index (χ0n) is 13.9. The van der Waals surface area contributed by atoms with E-state index in [4.69, 9.17) is 34.8 Å². The van der Waals surface area contributed by atoms with Crippen molar-refractivity contribution >= 4 is 82.1 Å². The summed E-state index contributed by atoms with van der Waals surface area (Å²) in [4.78, 5) is 24.9. The molecule has 0 aliphatic rings. The van der Waals surface area contributed by atoms with Crippen molar-refractivity contribution in [3.05, 3.63) is 45.5 Å². The average Bonchev–Trinajstić information content (AvgIpc) is 2.65. The van der Waals surface area contributed by atoms with Gasteiger partial charge in [-0.25, -0.2) is 19.7 Å². The summed E-state index contributed by atoms with van der Waals surface area (Å²) in [5, 5.41) is 6.59. The minimum atomic E-state index is -0.389. The lowest BCUT2D eigenvalue weighted by Gasteiger charge is -2.13. The summed E-state index contributed by atoms with van der Waals surface area (Å²) < 4.78 is 1.23. The summed E-state index contributed by atoms with van der Waals surface area (Å²) in [6, 6.07) is 6.20. The normalized spacial score (nSPS) is 10.7. The summed E-state index contributed by atoms with van der Waals surface area (Å²) >= 11 is 22.1. The number of hydrogen-bond donors (Lipinski definition) is 3. The number of carbonyl (C=O) groups is 1. The molecule has 0 saturated carbocycles. The van der Waals surface area contributed by atoms with Crippen molar-refractivity contribution in [1.29, 1.82) is 0 Å². The van der Waals surface area contributed by atoms with Gasteiger partial charge in [-0.05, 0) is 31.2 Å². The molecule has 3 aromatic rings. The molecular formula is C16H13Cl3N6OS. The first kappa shape index (κ1) is 19.8. The Morgan fingerprint density at radius 1 is 1.15 bits per heavy atom. The number of thiol groups is 1. The number of amides is 2. The van der Waals surface area contributed by atoms with Gasteiger partial charge in [0.1, 0.15) is 11.3 Å². The molecule has 27 heavy (non-hydrogen) atoms. The highest BCUT2D eigenvalue weighted by Crippen LogP contribution is 2.34. The van der Waals surface area contributed by atoms with Crippen molar-refractivity contribution < 1.29 is 4.79 Å². The number of fused-ring (bicyclic) bond motifs is 1. The number of urea groups is 1. The largest absolute Gasteiger partial charge is 0.339 e. The predicted octanol–water partition coefficient (Wildman–Crippen LogP) is 5.43. The topological polar surface area (TPSA) is 83.0 Å². The highest BCUT2D eigenvalue weighted by Gasteiger charge is 2.11. The lowest BCUT2D eigenvalue weighted by molar-refractivity contribution is 0.240. The fourth-order valence-electron chi connectivity index (χ4n) is 2.12. The lowest BCUT2D eigenvalue weighted by Crippen LogP contribution is -2.27. The van der Waals surface area contributed by atoms with Gasteiger partial charge in [0.25, 0.3) is 0 Å². The van der Waals surface area contributed by atoms with Gasteiger partial charge >= 0.3 is 6.03 Å². The smallest absolute Gasteiger partial charge is 0.332 e. The first-order chi connectivity index (χ1) is 12.9. The molecule has 0 atom stereocenters. The molecule has 0 spiro atoms. The zero-order chi connectivity index (χ0) is 19.6. The molecular weight excluding hydrogens is 431 g/mol. The van der Waals surface area contributed by atoms with Crippen LogP contribution < -0.4 is 10.6 Å². The van der Waals surface area contributed by atoms with Crippen molar-refractivity contribution in [3.63, 3.8) is 0 Å². The highest BCUT2D eigenvalue weighted by atomic mass is 35.5. The van der Waals surface area contributed by atoms with E-state index < -0.39 is 0 Å². The van der Waals surface area contributed by atoms with E-state index in [-0.39, 0.29) is 11.1 Å². The molecule has 0 saturated heterocycles. The second kappa shape index (κ2) is 8.35. The second-order valence-corrected chi connectivity index (χ2v) is 6.99. The van der Waals surface area contributed by atoms with Crippen LogP contribution in [0.2, 0.25) is 15.1 Å². The number of benzene rings is 1. The van der Waals surface area contributed by atoms with Crippen LogP contribution in [0.15, 0.2) is 30.5 Å². The summed E-state index contributed by atoms with van der Waals surface area (Å²) in [6.07, 6.45) is 1.55. The molecule has 0 aliphatic carbocycles. The molecule has 3 rings (SSSR count). The molecule has 0 unspecified atom stereocenters. The van der Waals surface area contributed by atoms with Crippen LogP contribution in [-0.2, 0) is 0 Å². The second-order valence-electron chi connectivity index (χ2n) is 5.32. The predicted molar refractivity (Wildman–Crippen MR) is 112 cm³/mol. The van der Waals surface area contributed by atoms with Gasteiger partial charge in [-0.2, -0.15) is 0 Å². The van der Waals surface area contributed by atoms with Gasteiger partial charge in [-0.15, -0.1) is 0 Å². The average molecular weight is 444 g/mol. The Labute approximate surface area is 175 Å². The quantitative estimate of drug-likeness (QED) is 0.370. The number of rotatable bonds is 4. The molecule has 0 fully saturated rings. The summed E-state index contributed by atoms with van der Waals surface area (Å²) in [7, 11) is 0. The number of aromatic nitrogens is 3. The van der Waals surface area contributed by atoms with E-state index >= 15 is 0 Å². The first-order valence-corrected chi connectivity index (χ1v) is 9.23. The minimum Gasteiger partial charge on any atom is -0.339 e. The Morgan fingerprint density at radius 3 is 2.48 bits per heavy atom. The Kier molecular flexibility index (Phi) is 6.11. The van der Waals surface area contributed by atoms with E-state index in [1.807, 2.05) is 0 Å². The highest BCUT2D eigenvalue weighted by molar-refractivity contribution is 7.78. The maximum absolute atomic E-state index is 11.9. The molecule has 0 bridgehead atoms. The Bertz CT molecular complexity index is 996. The van der Waals surface area contributed by atoms with Crippen molar-refractivity contribution in [1.82, 2.24) is 19.3 Å². The number of nitrogens with zero attached hydrogens (tertiary/aromatic N) is 4. The molecule has 2 amide bonds. The van der Waals surface area contributed by atoms with Crippen LogP contribution in [0.1, 0.15) is 6.92 Å². The van der Waals surface area contributed by atoms with Gasteiger partial charge in [0.05, 0.1) is 21.3 Å². The Morgan fingerprint density at radius 2 is 1.81 bits per heavy atom. The molecule has 0 radical (unpaired) electrons. The standard InChI is InChI=1S/C16H13Cl3N6OS/c1-2-25(27)16(26)24-12-4-3-11-15(22-12)23-13(7-20-11)21-8-5-9(17)14(19)10(18)6-8/h3-7,27H,2H2,1H3,(H2,21,22,23,24,26). The monoisotopic (exact) mass is 442 g/mol. The zero-order valence-corrected chi connectivity index (χ0v) is 17.0. The van der Waals surface area contributed by atoms with E-state index in [9.17, 15) is 4.79 Å². The van der Waals surface area contributed by atoms with Crippen LogP contribution >= 0.6 is 47.6 Å². The lowest BCUT2D eigenvalue weighted by atomic mass is 10.3. The van der Waals surface area contributed by atoms with Gasteiger partial charge in [0, 0.05) is 12.2 Å². The molecule has 1 aromatic carbocycles. The summed E-state index contributed by atoms with van der Waals surface area (Å²) in [5.74, 6) is 0.765. The van der Waals surface area contributed by atoms with Crippen LogP contribution in [-0.4, -0.2) is 31.8 Å². The molecule has 11 heteroatoms. The third-order valence-electron chi connectivity index (χ3n) is 3.43. The number of nitrogens with one attached hydrogen (secondary N) is 2. The SMILES string of the molecule is CCN(S)C(=O)Nc1ccc2ncc(Nc3cc(Cl)c(Cl)c(Cl)c3)nc2n1. The van der Waals surface area contributed by atoms with E-state index in [0.717, 1.165) is 0 Å². The Balaban J connectivity index is 1.86. The van der Waals surface area contributed by atoms with Gasteiger partial charge in [0.15, 0.2) is 11.5 Å². The number of anilines is 3. The van der Waals surface area contributed by atoms with E-state index in [1.54, 1.807) is 37.4 Å². The van der Waals surface area contributed by atoms with Crippen LogP contribution in [0.3, 0.4) is 0 Å². The van der Waals surface area contributed by atoms with Crippen molar-refractivity contribution in [2.75, 3.05) is 17.2 Å². The van der Waals surface area contributed by atoms with Crippen molar-refractivity contribution in [2.24, 2.45) is 0 Å². The van der Waals surface area contributed by atoms with Gasteiger partial charge in [0.2, 0.25) is 0 Å². The third-order valence-corrected chi connectivity index (χ3v) is 5.09. The number of hydrogen-bond acceptors (Lipinski definition) is 6. The van der Waals surface area contributed by atoms with Gasteiger partial charge < -0.3 is 5.32 Å². The molecule has 7 nitrogen and oxygen atoms in total. The fourth-order valence-corrected chi connectivity index (χ4v) is 2.77. The van der Waals surface area contributed by atoms with Crippen molar-refractivity contribution in [2.45, 2.75) is 6.92 Å². The summed E-state index contributed by atoms with van der Waals surface area (Å²) in [5.41, 5.74) is 1.52. The number of carbonyl (C=O) groups excluding carboxylic acids is 1. The molecule has 2 aromatic heterocycles. The Hall–Kier alpha value is -2.00. The van der Waals surface area contributed by atoms with Crippen LogP contribution in [0, 0.1) is 0 Å². The number of halogens is 3. The fraction of sp³-hybridized carbons (Fsp3) is 0.125. The van der Waals surface area contributed by atoms with Gasteiger partial charge in [-0.1, -0.05) is 47.6 Å². The van der Waals surface area contributed by atoms with Crippen LogP contribution in [0.5, 0.6) is 0 Å². The van der Waals surface area contributed by atoms with E-state index in [2.05, 4.69) is 38.4 Å². The molecule has 2 N–H and O–H groups in total. The van der Waals surface area contributed by atoms with Crippen LogP contribution in [0.4, 0.5) is 22.1 Å². The maximum Gasteiger partial charge on any atom is 0.332 e. The first-order valence-electron chi connectivity index (χ1n) is 7.70. The number of pyridine rings is 1. The van der Waals surface area contributed by atoms with Crippen LogP contribution in [0.25, 0.3) is 11.2 Å². The summed E-state index contributed by atoms with van der Waals surface area (Å²) in [6.45, 7) is 2.25. The molecule has 140 valence electrons. The maximum atomic E-state index is 11.9. The van der Waals surface area contributed by atoms with Crippen molar-refractivity contribution in [3.8, 4) is 0 Å². The molecule has 0 aliphatic heterocycles. The van der Waals surface area contributed by atoms with Gasteiger partial charge in [-0.3, -0.25) is 9.62 Å². The van der Waals surface area contributed by atoms with E-state index in [0.29, 0.717) is 45.1 Å². The third kappa shape index (κ3) is 4.65.